The zero-order chi connectivity index (χ0) is 17.0. The summed E-state index contributed by atoms with van der Waals surface area (Å²) < 4.78 is 36.4. The number of aromatic nitrogens is 2. The average molecular weight is 345 g/mol. The lowest BCUT2D eigenvalue weighted by atomic mass is 10.1. The van der Waals surface area contributed by atoms with Gasteiger partial charge in [-0.2, -0.15) is 0 Å². The average Bonchev–Trinajstić information content (AvgIpc) is 3.19. The van der Waals surface area contributed by atoms with Crippen molar-refractivity contribution >= 4 is 0 Å². The summed E-state index contributed by atoms with van der Waals surface area (Å²) in [7, 11) is 0. The quantitative estimate of drug-likeness (QED) is 0.855. The van der Waals surface area contributed by atoms with Crippen LogP contribution in [0.1, 0.15) is 25.3 Å². The van der Waals surface area contributed by atoms with Gasteiger partial charge < -0.3 is 9.30 Å². The number of rotatable bonds is 3. The highest BCUT2D eigenvalue weighted by atomic mass is 19.1. The number of morpholine rings is 1. The first-order chi connectivity index (χ1) is 12.2. The van der Waals surface area contributed by atoms with Crippen LogP contribution in [0.5, 0.6) is 0 Å². The molecule has 1 saturated carbocycles. The molecular formula is C19H21F2N3O. The van der Waals surface area contributed by atoms with Crippen LogP contribution in [0.15, 0.2) is 30.6 Å². The van der Waals surface area contributed by atoms with Crippen LogP contribution in [0.25, 0.3) is 11.4 Å². The molecule has 0 radical (unpaired) electrons. The fourth-order valence-electron chi connectivity index (χ4n) is 4.34. The van der Waals surface area contributed by atoms with Gasteiger partial charge in [-0.05, 0) is 37.3 Å². The molecule has 5 rings (SSSR count). The Kier molecular flexibility index (Phi) is 3.64. The van der Waals surface area contributed by atoms with Crippen molar-refractivity contribution < 1.29 is 13.5 Å². The molecule has 3 fully saturated rings. The Labute approximate surface area is 145 Å². The second-order valence-electron chi connectivity index (χ2n) is 7.46. The van der Waals surface area contributed by atoms with Crippen LogP contribution in [-0.2, 0) is 4.74 Å². The minimum atomic E-state index is -0.569. The normalized spacial score (nSPS) is 29.8. The molecule has 3 atom stereocenters. The first kappa shape index (κ1) is 15.5. The largest absolute Gasteiger partial charge is 0.375 e. The Bertz CT molecular complexity index is 768. The molecule has 6 heteroatoms. The summed E-state index contributed by atoms with van der Waals surface area (Å²) in [5, 5.41) is 0. The molecule has 4 nitrogen and oxygen atoms in total. The summed E-state index contributed by atoms with van der Waals surface area (Å²) in [6.45, 7) is 2.62. The van der Waals surface area contributed by atoms with Crippen molar-refractivity contribution in [1.29, 1.82) is 0 Å². The maximum atomic E-state index is 14.2. The first-order valence-corrected chi connectivity index (χ1v) is 9.03. The van der Waals surface area contributed by atoms with E-state index in [2.05, 4.69) is 9.88 Å². The summed E-state index contributed by atoms with van der Waals surface area (Å²) in [4.78, 5) is 6.74. The van der Waals surface area contributed by atoms with E-state index in [1.165, 1.54) is 31.0 Å². The van der Waals surface area contributed by atoms with Gasteiger partial charge in [0.1, 0.15) is 17.5 Å². The lowest BCUT2D eigenvalue weighted by Crippen LogP contribution is -2.46. The molecule has 1 aromatic carbocycles. The Balaban J connectivity index is 1.41. The zero-order valence-electron chi connectivity index (χ0n) is 13.9. The Morgan fingerprint density at radius 3 is 2.64 bits per heavy atom. The lowest BCUT2D eigenvalue weighted by Gasteiger charge is -2.35. The highest BCUT2D eigenvalue weighted by molar-refractivity contribution is 5.57. The molecule has 1 aromatic heterocycles. The third-order valence-electron chi connectivity index (χ3n) is 5.82. The van der Waals surface area contributed by atoms with Crippen LogP contribution in [0.3, 0.4) is 0 Å². The molecule has 25 heavy (non-hydrogen) atoms. The van der Waals surface area contributed by atoms with Crippen LogP contribution in [-0.4, -0.2) is 46.3 Å². The van der Waals surface area contributed by atoms with Gasteiger partial charge in [-0.15, -0.1) is 0 Å². The van der Waals surface area contributed by atoms with Gasteiger partial charge in [0.25, 0.3) is 0 Å². The van der Waals surface area contributed by atoms with Crippen LogP contribution in [0.2, 0.25) is 0 Å². The molecule has 3 heterocycles. The van der Waals surface area contributed by atoms with E-state index in [1.54, 1.807) is 6.20 Å². The van der Waals surface area contributed by atoms with Gasteiger partial charge in [-0.25, -0.2) is 13.8 Å². The van der Waals surface area contributed by atoms with E-state index in [4.69, 9.17) is 4.74 Å². The highest BCUT2D eigenvalue weighted by Gasteiger charge is 2.43. The number of benzene rings is 1. The zero-order valence-corrected chi connectivity index (χ0v) is 13.9. The minimum absolute atomic E-state index is 0.0375. The number of nitrogens with zero attached hydrogens (tertiary/aromatic N) is 3. The number of fused-ring (bicyclic) bond motifs is 1. The van der Waals surface area contributed by atoms with Crippen molar-refractivity contribution in [1.82, 2.24) is 14.5 Å². The minimum Gasteiger partial charge on any atom is -0.375 e. The molecular weight excluding hydrogens is 324 g/mol. The van der Waals surface area contributed by atoms with E-state index in [-0.39, 0.29) is 11.6 Å². The second-order valence-corrected chi connectivity index (χ2v) is 7.46. The molecule has 0 N–H and O–H groups in total. The van der Waals surface area contributed by atoms with Crippen molar-refractivity contribution in [2.75, 3.05) is 19.7 Å². The fourth-order valence-corrected chi connectivity index (χ4v) is 4.34. The first-order valence-electron chi connectivity index (χ1n) is 9.03. The smallest absolute Gasteiger partial charge is 0.146 e. The van der Waals surface area contributed by atoms with Gasteiger partial charge in [-0.3, -0.25) is 4.90 Å². The number of ether oxygens (including phenoxy) is 1. The monoisotopic (exact) mass is 345 g/mol. The summed E-state index contributed by atoms with van der Waals surface area (Å²) in [6, 6.07) is 4.50. The third-order valence-corrected chi connectivity index (χ3v) is 5.82. The lowest BCUT2D eigenvalue weighted by molar-refractivity contribution is -0.0581. The number of hydrogen-bond donors (Lipinski definition) is 0. The van der Waals surface area contributed by atoms with Gasteiger partial charge >= 0.3 is 0 Å². The molecule has 132 valence electrons. The number of halogens is 2. The molecule has 0 spiro atoms. The maximum Gasteiger partial charge on any atom is 0.146 e. The van der Waals surface area contributed by atoms with Crippen molar-refractivity contribution in [3.8, 4) is 11.4 Å². The Morgan fingerprint density at radius 1 is 1.08 bits per heavy atom. The van der Waals surface area contributed by atoms with Crippen LogP contribution in [0, 0.1) is 17.6 Å². The summed E-state index contributed by atoms with van der Waals surface area (Å²) >= 11 is 0. The van der Waals surface area contributed by atoms with E-state index in [9.17, 15) is 8.78 Å². The van der Waals surface area contributed by atoms with E-state index < -0.39 is 11.6 Å². The van der Waals surface area contributed by atoms with Gasteiger partial charge in [0.2, 0.25) is 0 Å². The van der Waals surface area contributed by atoms with Crippen LogP contribution < -0.4 is 0 Å². The van der Waals surface area contributed by atoms with E-state index >= 15 is 0 Å². The summed E-state index contributed by atoms with van der Waals surface area (Å²) in [5.74, 6) is -0.0305. The Hall–Kier alpha value is -1.79. The molecule has 0 unspecified atom stereocenters. The van der Waals surface area contributed by atoms with E-state index in [1.807, 2.05) is 10.8 Å². The fraction of sp³-hybridized carbons (Fsp3) is 0.526. The molecule has 1 aliphatic carbocycles. The van der Waals surface area contributed by atoms with Gasteiger partial charge in [-0.1, -0.05) is 6.07 Å². The van der Waals surface area contributed by atoms with Crippen molar-refractivity contribution in [3.05, 3.63) is 42.2 Å². The van der Waals surface area contributed by atoms with Gasteiger partial charge in [0, 0.05) is 37.6 Å². The molecule has 3 aliphatic rings. The van der Waals surface area contributed by atoms with Crippen molar-refractivity contribution in [3.63, 3.8) is 0 Å². The van der Waals surface area contributed by atoms with Gasteiger partial charge in [0.15, 0.2) is 0 Å². The van der Waals surface area contributed by atoms with Crippen LogP contribution >= 0.6 is 0 Å². The third kappa shape index (κ3) is 2.68. The molecule has 0 amide bonds. The second kappa shape index (κ2) is 5.88. The van der Waals surface area contributed by atoms with Crippen molar-refractivity contribution in [2.24, 2.45) is 5.92 Å². The predicted molar refractivity (Wildman–Crippen MR) is 89.1 cm³/mol. The van der Waals surface area contributed by atoms with Gasteiger partial charge in [0.05, 0.1) is 18.3 Å². The summed E-state index contributed by atoms with van der Waals surface area (Å²) in [6.07, 6.45) is 7.32. The SMILES string of the molecule is Fc1cccc(F)c1-c1nccn1[C@H]1C[C@H]2CO[C@@H](C3CC3)CN2C1. The number of hydrogen-bond acceptors (Lipinski definition) is 3. The molecule has 2 aromatic rings. The predicted octanol–water partition coefficient (Wildman–Crippen LogP) is 3.25. The highest BCUT2D eigenvalue weighted by Crippen LogP contribution is 2.40. The standard InChI is InChI=1S/C19H21F2N3O/c20-15-2-1-3-16(21)18(15)19-22-6-7-24(19)13-8-14-11-25-17(12-4-5-12)10-23(14)9-13/h1-3,6-7,12-14,17H,4-5,8-11H2/t13-,14-,17+/m0/s1. The van der Waals surface area contributed by atoms with E-state index in [0.717, 1.165) is 32.0 Å². The van der Waals surface area contributed by atoms with Crippen molar-refractivity contribution in [2.45, 2.75) is 37.5 Å². The molecule has 2 aliphatic heterocycles. The topological polar surface area (TPSA) is 30.3 Å². The Morgan fingerprint density at radius 2 is 1.88 bits per heavy atom. The number of imidazole rings is 1. The summed E-state index contributed by atoms with van der Waals surface area (Å²) in [5.41, 5.74) is -0.0375. The molecule has 2 saturated heterocycles. The maximum absolute atomic E-state index is 14.2. The van der Waals surface area contributed by atoms with Crippen LogP contribution in [0.4, 0.5) is 8.78 Å². The van der Waals surface area contributed by atoms with E-state index in [0.29, 0.717) is 18.0 Å². The molecule has 0 bridgehead atoms.